The maximum Gasteiger partial charge on any atom is 0.0107 e. The number of nitrogens with one attached hydrogen (secondary N) is 2. The van der Waals surface area contributed by atoms with Crippen molar-refractivity contribution in [3.8, 4) is 0 Å². The fraction of sp³-hybridized carbons (Fsp3) is 1.00. The van der Waals surface area contributed by atoms with Gasteiger partial charge in [0, 0.05) is 32.7 Å². The SMILES string of the molecule is CCNCC(C)CN1CCNCC1. The predicted molar refractivity (Wildman–Crippen MR) is 57.0 cm³/mol. The van der Waals surface area contributed by atoms with Crippen LogP contribution in [0.5, 0.6) is 0 Å². The Balaban J connectivity index is 2.07. The lowest BCUT2D eigenvalue weighted by molar-refractivity contribution is 0.210. The first-order valence-corrected chi connectivity index (χ1v) is 5.46. The Morgan fingerprint density at radius 1 is 1.38 bits per heavy atom. The molecule has 0 aromatic carbocycles. The molecule has 0 radical (unpaired) electrons. The van der Waals surface area contributed by atoms with Gasteiger partial charge in [-0.3, -0.25) is 0 Å². The van der Waals surface area contributed by atoms with Crippen molar-refractivity contribution >= 4 is 0 Å². The second-order valence-electron chi connectivity index (χ2n) is 3.96. The molecule has 1 fully saturated rings. The molecule has 1 saturated heterocycles. The Kier molecular flexibility index (Phi) is 5.35. The minimum atomic E-state index is 0.776. The van der Waals surface area contributed by atoms with E-state index in [4.69, 9.17) is 0 Å². The van der Waals surface area contributed by atoms with Crippen LogP contribution in [0.2, 0.25) is 0 Å². The maximum atomic E-state index is 3.40. The molecule has 3 nitrogen and oxygen atoms in total. The van der Waals surface area contributed by atoms with Gasteiger partial charge in [-0.15, -0.1) is 0 Å². The van der Waals surface area contributed by atoms with Gasteiger partial charge in [-0.1, -0.05) is 13.8 Å². The maximum absolute atomic E-state index is 3.40. The van der Waals surface area contributed by atoms with Gasteiger partial charge in [0.2, 0.25) is 0 Å². The second kappa shape index (κ2) is 6.35. The van der Waals surface area contributed by atoms with Crippen molar-refractivity contribution < 1.29 is 0 Å². The number of nitrogens with zero attached hydrogens (tertiary/aromatic N) is 1. The molecular weight excluding hydrogens is 162 g/mol. The molecule has 3 heteroatoms. The minimum Gasteiger partial charge on any atom is -0.317 e. The average Bonchev–Trinajstić information content (AvgIpc) is 2.16. The molecule has 0 aromatic rings. The van der Waals surface area contributed by atoms with Crippen LogP contribution in [0.25, 0.3) is 0 Å². The standard InChI is InChI=1S/C10H23N3/c1-3-11-8-10(2)9-13-6-4-12-5-7-13/h10-12H,3-9H2,1-2H3. The fourth-order valence-corrected chi connectivity index (χ4v) is 1.79. The van der Waals surface area contributed by atoms with Crippen molar-refractivity contribution in [3.05, 3.63) is 0 Å². The van der Waals surface area contributed by atoms with Gasteiger partial charge in [0.15, 0.2) is 0 Å². The van der Waals surface area contributed by atoms with Gasteiger partial charge in [-0.05, 0) is 19.0 Å². The Labute approximate surface area is 81.9 Å². The third-order valence-electron chi connectivity index (χ3n) is 2.52. The number of hydrogen-bond donors (Lipinski definition) is 2. The summed E-state index contributed by atoms with van der Waals surface area (Å²) >= 11 is 0. The number of piperazine rings is 1. The summed E-state index contributed by atoms with van der Waals surface area (Å²) in [6.07, 6.45) is 0. The summed E-state index contributed by atoms with van der Waals surface area (Å²) in [5.74, 6) is 0.776. The monoisotopic (exact) mass is 185 g/mol. The molecule has 1 atom stereocenters. The zero-order chi connectivity index (χ0) is 9.52. The van der Waals surface area contributed by atoms with Gasteiger partial charge in [0.25, 0.3) is 0 Å². The highest BCUT2D eigenvalue weighted by atomic mass is 15.2. The van der Waals surface area contributed by atoms with Crippen molar-refractivity contribution in [2.75, 3.05) is 45.8 Å². The third-order valence-corrected chi connectivity index (χ3v) is 2.52. The molecule has 0 aromatic heterocycles. The van der Waals surface area contributed by atoms with Gasteiger partial charge in [0.05, 0.1) is 0 Å². The first-order chi connectivity index (χ1) is 6.33. The normalized spacial score (nSPS) is 21.7. The van der Waals surface area contributed by atoms with Crippen molar-refractivity contribution in [3.63, 3.8) is 0 Å². The Morgan fingerprint density at radius 3 is 2.69 bits per heavy atom. The largest absolute Gasteiger partial charge is 0.317 e. The fourth-order valence-electron chi connectivity index (χ4n) is 1.79. The summed E-state index contributed by atoms with van der Waals surface area (Å²) in [5.41, 5.74) is 0. The average molecular weight is 185 g/mol. The molecule has 1 aliphatic heterocycles. The van der Waals surface area contributed by atoms with Crippen LogP contribution < -0.4 is 10.6 Å². The van der Waals surface area contributed by atoms with Crippen molar-refractivity contribution in [1.82, 2.24) is 15.5 Å². The quantitative estimate of drug-likeness (QED) is 0.638. The van der Waals surface area contributed by atoms with Gasteiger partial charge in [-0.2, -0.15) is 0 Å². The predicted octanol–water partition coefficient (Wildman–Crippen LogP) is 0.137. The summed E-state index contributed by atoms with van der Waals surface area (Å²) in [6.45, 7) is 12.7. The van der Waals surface area contributed by atoms with Gasteiger partial charge in [-0.25, -0.2) is 0 Å². The van der Waals surface area contributed by atoms with Crippen LogP contribution in [0, 0.1) is 5.92 Å². The molecule has 0 aliphatic carbocycles. The van der Waals surface area contributed by atoms with E-state index in [1.165, 1.54) is 19.6 Å². The summed E-state index contributed by atoms with van der Waals surface area (Å²) in [5, 5.41) is 6.77. The van der Waals surface area contributed by atoms with Crippen LogP contribution in [0.3, 0.4) is 0 Å². The van der Waals surface area contributed by atoms with Crippen LogP contribution in [0.4, 0.5) is 0 Å². The first kappa shape index (κ1) is 11.0. The molecule has 13 heavy (non-hydrogen) atoms. The molecular formula is C10H23N3. The Morgan fingerprint density at radius 2 is 2.08 bits per heavy atom. The highest BCUT2D eigenvalue weighted by molar-refractivity contribution is 4.70. The summed E-state index contributed by atoms with van der Waals surface area (Å²) in [6, 6.07) is 0. The molecule has 1 rings (SSSR count). The van der Waals surface area contributed by atoms with E-state index in [-0.39, 0.29) is 0 Å². The summed E-state index contributed by atoms with van der Waals surface area (Å²) in [4.78, 5) is 2.55. The zero-order valence-corrected chi connectivity index (χ0v) is 8.97. The lowest BCUT2D eigenvalue weighted by Crippen LogP contribution is -2.46. The molecule has 2 N–H and O–H groups in total. The van der Waals surface area contributed by atoms with Crippen molar-refractivity contribution in [1.29, 1.82) is 0 Å². The van der Waals surface area contributed by atoms with Gasteiger partial charge >= 0.3 is 0 Å². The molecule has 1 unspecified atom stereocenters. The van der Waals surface area contributed by atoms with E-state index in [0.29, 0.717) is 0 Å². The number of hydrogen-bond acceptors (Lipinski definition) is 3. The number of rotatable bonds is 5. The van der Waals surface area contributed by atoms with E-state index in [0.717, 1.165) is 32.1 Å². The van der Waals surface area contributed by atoms with E-state index in [1.807, 2.05) is 0 Å². The van der Waals surface area contributed by atoms with E-state index in [1.54, 1.807) is 0 Å². The lowest BCUT2D eigenvalue weighted by Gasteiger charge is -2.29. The van der Waals surface area contributed by atoms with Crippen LogP contribution in [0.15, 0.2) is 0 Å². The van der Waals surface area contributed by atoms with Crippen molar-refractivity contribution in [2.45, 2.75) is 13.8 Å². The van der Waals surface area contributed by atoms with Crippen molar-refractivity contribution in [2.24, 2.45) is 5.92 Å². The van der Waals surface area contributed by atoms with Gasteiger partial charge in [0.1, 0.15) is 0 Å². The van der Waals surface area contributed by atoms with Crippen LogP contribution in [-0.2, 0) is 0 Å². The molecule has 1 heterocycles. The second-order valence-corrected chi connectivity index (χ2v) is 3.96. The van der Waals surface area contributed by atoms with E-state index in [9.17, 15) is 0 Å². The Bertz CT molecular complexity index is 121. The van der Waals surface area contributed by atoms with E-state index >= 15 is 0 Å². The molecule has 78 valence electrons. The highest BCUT2D eigenvalue weighted by Crippen LogP contribution is 1.99. The van der Waals surface area contributed by atoms with Crippen LogP contribution >= 0.6 is 0 Å². The van der Waals surface area contributed by atoms with Crippen LogP contribution in [-0.4, -0.2) is 50.7 Å². The molecule has 0 spiro atoms. The smallest absolute Gasteiger partial charge is 0.0107 e. The Hall–Kier alpha value is -0.120. The highest BCUT2D eigenvalue weighted by Gasteiger charge is 2.12. The molecule has 0 saturated carbocycles. The zero-order valence-electron chi connectivity index (χ0n) is 8.97. The molecule has 0 amide bonds. The van der Waals surface area contributed by atoms with Crippen LogP contribution in [0.1, 0.15) is 13.8 Å². The lowest BCUT2D eigenvalue weighted by atomic mass is 10.1. The van der Waals surface area contributed by atoms with Gasteiger partial charge < -0.3 is 15.5 Å². The minimum absolute atomic E-state index is 0.776. The topological polar surface area (TPSA) is 27.3 Å². The van der Waals surface area contributed by atoms with E-state index in [2.05, 4.69) is 29.4 Å². The third kappa shape index (κ3) is 4.60. The summed E-state index contributed by atoms with van der Waals surface area (Å²) < 4.78 is 0. The summed E-state index contributed by atoms with van der Waals surface area (Å²) in [7, 11) is 0. The first-order valence-electron chi connectivity index (χ1n) is 5.46. The van der Waals surface area contributed by atoms with E-state index < -0.39 is 0 Å². The molecule has 1 aliphatic rings. The molecule has 0 bridgehead atoms.